The van der Waals surface area contributed by atoms with Gasteiger partial charge < -0.3 is 10.1 Å². The quantitative estimate of drug-likeness (QED) is 0.328. The Kier molecular flexibility index (Phi) is 7.37. The highest BCUT2D eigenvalue weighted by Crippen LogP contribution is 2.23. The molecule has 0 saturated heterocycles. The Balaban J connectivity index is 1.71. The highest BCUT2D eigenvalue weighted by atomic mass is 35.5. The minimum Gasteiger partial charge on any atom is -0.489 e. The number of ether oxygens (including phenoxy) is 1. The lowest BCUT2D eigenvalue weighted by atomic mass is 10.1. The molecule has 150 valence electrons. The molecule has 3 aromatic rings. The first kappa shape index (κ1) is 21.7. The van der Waals surface area contributed by atoms with Crippen LogP contribution in [-0.2, 0) is 11.4 Å². The summed E-state index contributed by atoms with van der Waals surface area (Å²) in [6, 6.07) is 20.8. The highest BCUT2D eigenvalue weighted by Gasteiger charge is 2.10. The van der Waals surface area contributed by atoms with Crippen LogP contribution in [0.4, 0.5) is 5.69 Å². The van der Waals surface area contributed by atoms with Crippen molar-refractivity contribution in [3.8, 4) is 11.8 Å². The second-order valence-corrected chi connectivity index (χ2v) is 7.51. The molecule has 0 unspecified atom stereocenters. The molecule has 0 heterocycles. The van der Waals surface area contributed by atoms with Crippen LogP contribution in [0.15, 0.2) is 72.3 Å². The predicted octanol–water partition coefficient (Wildman–Crippen LogP) is 6.77. The van der Waals surface area contributed by atoms with Crippen LogP contribution in [0.5, 0.6) is 5.75 Å². The number of hydrogen-bond donors (Lipinski definition) is 1. The van der Waals surface area contributed by atoms with Crippen molar-refractivity contribution in [1.29, 1.82) is 5.26 Å². The van der Waals surface area contributed by atoms with Crippen LogP contribution in [0.2, 0.25) is 15.1 Å². The summed E-state index contributed by atoms with van der Waals surface area (Å²) in [6.45, 7) is 0.255. The molecule has 7 heteroatoms. The number of amides is 1. The van der Waals surface area contributed by atoms with E-state index >= 15 is 0 Å². The van der Waals surface area contributed by atoms with Crippen LogP contribution >= 0.6 is 34.8 Å². The van der Waals surface area contributed by atoms with E-state index in [0.717, 1.165) is 5.56 Å². The van der Waals surface area contributed by atoms with Crippen molar-refractivity contribution in [3.05, 3.63) is 98.5 Å². The molecule has 1 N–H and O–H groups in total. The van der Waals surface area contributed by atoms with Crippen molar-refractivity contribution < 1.29 is 9.53 Å². The number of nitrogens with one attached hydrogen (secondary N) is 1. The zero-order chi connectivity index (χ0) is 21.5. The van der Waals surface area contributed by atoms with E-state index < -0.39 is 5.91 Å². The van der Waals surface area contributed by atoms with E-state index in [9.17, 15) is 10.1 Å². The molecule has 0 aromatic heterocycles. The molecule has 0 bridgehead atoms. The van der Waals surface area contributed by atoms with Gasteiger partial charge in [-0.2, -0.15) is 5.26 Å². The first-order valence-corrected chi connectivity index (χ1v) is 9.93. The number of hydrogen-bond acceptors (Lipinski definition) is 3. The topological polar surface area (TPSA) is 62.1 Å². The molecule has 0 aliphatic carbocycles. The number of halogens is 3. The maximum Gasteiger partial charge on any atom is 0.266 e. The Morgan fingerprint density at radius 1 is 1.00 bits per heavy atom. The minimum atomic E-state index is -0.515. The first-order chi connectivity index (χ1) is 14.4. The minimum absolute atomic E-state index is 0.0390. The van der Waals surface area contributed by atoms with Crippen LogP contribution in [0.3, 0.4) is 0 Å². The molecular formula is C23H15Cl3N2O2. The van der Waals surface area contributed by atoms with Crippen molar-refractivity contribution in [2.75, 3.05) is 5.32 Å². The fourth-order valence-electron chi connectivity index (χ4n) is 2.54. The fourth-order valence-corrected chi connectivity index (χ4v) is 3.13. The lowest BCUT2D eigenvalue weighted by molar-refractivity contribution is -0.112. The molecule has 3 rings (SSSR count). The number of nitrogens with zero attached hydrogens (tertiary/aromatic N) is 1. The Morgan fingerprint density at radius 3 is 2.43 bits per heavy atom. The van der Waals surface area contributed by atoms with Gasteiger partial charge in [0.25, 0.3) is 5.91 Å². The third-order valence-electron chi connectivity index (χ3n) is 4.05. The van der Waals surface area contributed by atoms with Crippen LogP contribution in [0, 0.1) is 11.3 Å². The van der Waals surface area contributed by atoms with Crippen LogP contribution in [0.1, 0.15) is 11.1 Å². The van der Waals surface area contributed by atoms with Gasteiger partial charge in [0.1, 0.15) is 24.0 Å². The molecule has 1 amide bonds. The average Bonchev–Trinajstić information content (AvgIpc) is 2.73. The van der Waals surface area contributed by atoms with Crippen molar-refractivity contribution in [1.82, 2.24) is 0 Å². The van der Waals surface area contributed by atoms with Gasteiger partial charge in [-0.25, -0.2) is 0 Å². The van der Waals surface area contributed by atoms with E-state index in [1.165, 1.54) is 6.08 Å². The second kappa shape index (κ2) is 10.2. The van der Waals surface area contributed by atoms with Crippen molar-refractivity contribution in [2.24, 2.45) is 0 Å². The Morgan fingerprint density at radius 2 is 1.73 bits per heavy atom. The summed E-state index contributed by atoms with van der Waals surface area (Å²) in [4.78, 5) is 12.4. The predicted molar refractivity (Wildman–Crippen MR) is 121 cm³/mol. The number of anilines is 1. The number of carbonyl (C=O) groups is 1. The summed E-state index contributed by atoms with van der Waals surface area (Å²) < 4.78 is 5.78. The summed E-state index contributed by atoms with van der Waals surface area (Å²) in [7, 11) is 0. The molecule has 30 heavy (non-hydrogen) atoms. The molecule has 0 atom stereocenters. The SMILES string of the molecule is N#C/C(=C/c1cccc(OCc2ccc(Cl)cc2Cl)c1)C(=O)Nc1ccc(Cl)cc1. The molecule has 0 aliphatic heterocycles. The summed E-state index contributed by atoms with van der Waals surface area (Å²) >= 11 is 17.9. The first-order valence-electron chi connectivity index (χ1n) is 8.80. The molecule has 0 fully saturated rings. The van der Waals surface area contributed by atoms with E-state index in [0.29, 0.717) is 32.1 Å². The van der Waals surface area contributed by atoms with Gasteiger partial charge in [0.15, 0.2) is 0 Å². The third kappa shape index (κ3) is 6.01. The van der Waals surface area contributed by atoms with E-state index in [-0.39, 0.29) is 12.2 Å². The maximum atomic E-state index is 12.4. The monoisotopic (exact) mass is 456 g/mol. The normalized spacial score (nSPS) is 10.9. The van der Waals surface area contributed by atoms with Gasteiger partial charge in [-0.1, -0.05) is 53.0 Å². The van der Waals surface area contributed by atoms with E-state index in [1.54, 1.807) is 66.7 Å². The Bertz CT molecular complexity index is 1140. The van der Waals surface area contributed by atoms with Gasteiger partial charge in [-0.05, 0) is 60.2 Å². The van der Waals surface area contributed by atoms with Gasteiger partial charge in [-0.3, -0.25) is 4.79 Å². The highest BCUT2D eigenvalue weighted by molar-refractivity contribution is 6.35. The number of nitriles is 1. The largest absolute Gasteiger partial charge is 0.489 e. The summed E-state index contributed by atoms with van der Waals surface area (Å²) in [5.41, 5.74) is 1.95. The van der Waals surface area contributed by atoms with E-state index in [2.05, 4.69) is 5.32 Å². The standard InChI is InChI=1S/C23H15Cl3N2O2/c24-18-6-8-20(9-7-18)28-23(29)17(13-27)10-15-2-1-3-21(11-15)30-14-16-4-5-19(25)12-22(16)26/h1-12H,14H2,(H,28,29)/b17-10-. The van der Waals surface area contributed by atoms with Gasteiger partial charge in [-0.15, -0.1) is 0 Å². The molecule has 0 aliphatic rings. The lowest BCUT2D eigenvalue weighted by Crippen LogP contribution is -2.13. The third-order valence-corrected chi connectivity index (χ3v) is 4.88. The van der Waals surface area contributed by atoms with Gasteiger partial charge in [0, 0.05) is 26.3 Å². The maximum absolute atomic E-state index is 12.4. The van der Waals surface area contributed by atoms with Crippen molar-refractivity contribution in [2.45, 2.75) is 6.61 Å². The van der Waals surface area contributed by atoms with Gasteiger partial charge >= 0.3 is 0 Å². The van der Waals surface area contributed by atoms with Crippen molar-refractivity contribution >= 4 is 52.5 Å². The molecule has 0 radical (unpaired) electrons. The molecule has 0 spiro atoms. The second-order valence-electron chi connectivity index (χ2n) is 6.23. The van der Waals surface area contributed by atoms with E-state index in [4.69, 9.17) is 39.5 Å². The number of rotatable bonds is 6. The van der Waals surface area contributed by atoms with Crippen LogP contribution in [0.25, 0.3) is 6.08 Å². The Labute approximate surface area is 189 Å². The summed E-state index contributed by atoms with van der Waals surface area (Å²) in [5, 5.41) is 13.7. The molecule has 3 aromatic carbocycles. The van der Waals surface area contributed by atoms with E-state index in [1.807, 2.05) is 6.07 Å². The Hall–Kier alpha value is -2.97. The van der Waals surface area contributed by atoms with Gasteiger partial charge in [0.2, 0.25) is 0 Å². The number of carbonyl (C=O) groups excluding carboxylic acids is 1. The average molecular weight is 458 g/mol. The zero-order valence-electron chi connectivity index (χ0n) is 15.5. The van der Waals surface area contributed by atoms with Gasteiger partial charge in [0.05, 0.1) is 0 Å². The van der Waals surface area contributed by atoms with Crippen LogP contribution in [-0.4, -0.2) is 5.91 Å². The zero-order valence-corrected chi connectivity index (χ0v) is 17.8. The summed E-state index contributed by atoms with van der Waals surface area (Å²) in [5.74, 6) is 0.0595. The molecule has 4 nitrogen and oxygen atoms in total. The smallest absolute Gasteiger partial charge is 0.266 e. The lowest BCUT2D eigenvalue weighted by Gasteiger charge is -2.09. The fraction of sp³-hybridized carbons (Fsp3) is 0.0435. The van der Waals surface area contributed by atoms with Crippen molar-refractivity contribution in [3.63, 3.8) is 0 Å². The molecule has 0 saturated carbocycles. The number of benzene rings is 3. The molecular weight excluding hydrogens is 443 g/mol. The summed E-state index contributed by atoms with van der Waals surface area (Å²) in [6.07, 6.45) is 1.49. The van der Waals surface area contributed by atoms with Crippen LogP contribution < -0.4 is 10.1 Å².